The smallest absolute Gasteiger partial charge is 0.441 e. The molecule has 0 amide bonds. The molecule has 0 atom stereocenters. The number of carbonyl (C=O) groups is 1. The van der Waals surface area contributed by atoms with Crippen LogP contribution in [0.25, 0.3) is 0 Å². The Bertz CT molecular complexity index is 420. The van der Waals surface area contributed by atoms with Crippen LogP contribution in [0.2, 0.25) is 0 Å². The van der Waals surface area contributed by atoms with Gasteiger partial charge in [0.05, 0.1) is 5.56 Å². The average Bonchev–Trinajstić information content (AvgIpc) is 2.27. The Balaban J connectivity index is 2.40. The van der Waals surface area contributed by atoms with Crippen LogP contribution in [0.3, 0.4) is 0 Å². The maximum absolute atomic E-state index is 11.9. The highest BCUT2D eigenvalue weighted by Crippen LogP contribution is 2.29. The van der Waals surface area contributed by atoms with Crippen LogP contribution in [-0.2, 0) is 6.54 Å². The van der Waals surface area contributed by atoms with E-state index in [2.05, 4.69) is 0 Å². The summed E-state index contributed by atoms with van der Waals surface area (Å²) in [7, 11) is 1.72. The number of rotatable bonds is 6. The summed E-state index contributed by atoms with van der Waals surface area (Å²) >= 11 is -0.0406. The van der Waals surface area contributed by atoms with Crippen molar-refractivity contribution in [2.75, 3.05) is 19.3 Å². The number of carboxylic acid groups (broad SMARTS) is 1. The van der Waals surface area contributed by atoms with E-state index in [0.717, 1.165) is 5.56 Å². The van der Waals surface area contributed by atoms with Gasteiger partial charge in [-0.05, 0) is 36.5 Å². The number of alkyl halides is 3. The van der Waals surface area contributed by atoms with Gasteiger partial charge in [-0.1, -0.05) is 12.1 Å². The first-order chi connectivity index (χ1) is 8.78. The summed E-state index contributed by atoms with van der Waals surface area (Å²) in [4.78, 5) is 12.4. The van der Waals surface area contributed by atoms with Crippen molar-refractivity contribution in [3.63, 3.8) is 0 Å². The van der Waals surface area contributed by atoms with Crippen molar-refractivity contribution in [1.29, 1.82) is 0 Å². The van der Waals surface area contributed by atoms with Crippen LogP contribution in [-0.4, -0.2) is 40.8 Å². The van der Waals surface area contributed by atoms with Crippen molar-refractivity contribution in [1.82, 2.24) is 4.90 Å². The molecule has 0 saturated carbocycles. The molecule has 0 aliphatic heterocycles. The molecule has 0 bridgehead atoms. The maximum Gasteiger partial charge on any atom is 0.441 e. The third-order valence-corrected chi connectivity index (χ3v) is 3.11. The Morgan fingerprint density at radius 1 is 1.32 bits per heavy atom. The second-order valence-electron chi connectivity index (χ2n) is 4.03. The van der Waals surface area contributed by atoms with Crippen LogP contribution < -0.4 is 0 Å². The van der Waals surface area contributed by atoms with Crippen molar-refractivity contribution in [2.45, 2.75) is 12.1 Å². The van der Waals surface area contributed by atoms with Crippen molar-refractivity contribution in [3.05, 3.63) is 35.4 Å². The van der Waals surface area contributed by atoms with Gasteiger partial charge in [0, 0.05) is 18.8 Å². The van der Waals surface area contributed by atoms with Gasteiger partial charge in [0.2, 0.25) is 0 Å². The lowest BCUT2D eigenvalue weighted by Crippen LogP contribution is -2.22. The van der Waals surface area contributed by atoms with Gasteiger partial charge >= 0.3 is 11.5 Å². The average molecular weight is 293 g/mol. The zero-order valence-electron chi connectivity index (χ0n) is 10.3. The second kappa shape index (κ2) is 6.81. The third-order valence-electron chi connectivity index (χ3n) is 2.39. The Labute approximate surface area is 113 Å². The summed E-state index contributed by atoms with van der Waals surface area (Å²) in [6, 6.07) is 6.29. The fourth-order valence-corrected chi connectivity index (χ4v) is 2.10. The molecule has 0 fully saturated rings. The van der Waals surface area contributed by atoms with E-state index in [1.807, 2.05) is 0 Å². The Kier molecular flexibility index (Phi) is 5.68. The quantitative estimate of drug-likeness (QED) is 0.875. The fourth-order valence-electron chi connectivity index (χ4n) is 1.46. The summed E-state index contributed by atoms with van der Waals surface area (Å²) in [5.41, 5.74) is -3.13. The van der Waals surface area contributed by atoms with Crippen LogP contribution >= 0.6 is 11.8 Å². The molecule has 19 heavy (non-hydrogen) atoms. The van der Waals surface area contributed by atoms with Crippen molar-refractivity contribution < 1.29 is 23.1 Å². The molecule has 1 aromatic carbocycles. The minimum atomic E-state index is -4.19. The van der Waals surface area contributed by atoms with Gasteiger partial charge in [-0.3, -0.25) is 0 Å². The first kappa shape index (κ1) is 15.8. The van der Waals surface area contributed by atoms with Gasteiger partial charge in [0.1, 0.15) is 0 Å². The van der Waals surface area contributed by atoms with E-state index in [0.29, 0.717) is 13.1 Å². The molecular weight excluding hydrogens is 279 g/mol. The number of thioether (sulfide) groups is 1. The van der Waals surface area contributed by atoms with Gasteiger partial charge < -0.3 is 10.0 Å². The Hall–Kier alpha value is -1.21. The lowest BCUT2D eigenvalue weighted by molar-refractivity contribution is -0.0328. The molecule has 1 rings (SSSR count). The van der Waals surface area contributed by atoms with Crippen molar-refractivity contribution in [3.8, 4) is 0 Å². The molecule has 0 spiro atoms. The molecule has 106 valence electrons. The molecular formula is C12H14F3NO2S. The van der Waals surface area contributed by atoms with Crippen LogP contribution in [0.1, 0.15) is 15.9 Å². The van der Waals surface area contributed by atoms with E-state index in [1.165, 1.54) is 12.1 Å². The summed E-state index contributed by atoms with van der Waals surface area (Å²) in [6.07, 6.45) is 0. The topological polar surface area (TPSA) is 40.5 Å². The van der Waals surface area contributed by atoms with E-state index in [-0.39, 0.29) is 23.1 Å². The molecule has 1 N–H and O–H groups in total. The van der Waals surface area contributed by atoms with E-state index in [1.54, 1.807) is 24.1 Å². The maximum atomic E-state index is 11.9. The van der Waals surface area contributed by atoms with Crippen LogP contribution in [0, 0.1) is 0 Å². The van der Waals surface area contributed by atoms with Gasteiger partial charge in [0.15, 0.2) is 0 Å². The Morgan fingerprint density at radius 3 is 2.37 bits per heavy atom. The lowest BCUT2D eigenvalue weighted by atomic mass is 10.1. The normalized spacial score (nSPS) is 11.8. The molecule has 0 radical (unpaired) electrons. The SMILES string of the molecule is CN(CCSC(F)(F)F)Cc1ccc(C(=O)O)cc1. The molecule has 0 aliphatic carbocycles. The Morgan fingerprint density at radius 2 is 1.89 bits per heavy atom. The first-order valence-electron chi connectivity index (χ1n) is 5.49. The highest BCUT2D eigenvalue weighted by atomic mass is 32.2. The number of hydrogen-bond acceptors (Lipinski definition) is 3. The summed E-state index contributed by atoms with van der Waals surface area (Å²) in [6.45, 7) is 0.795. The molecule has 7 heteroatoms. The third kappa shape index (κ3) is 6.49. The monoisotopic (exact) mass is 293 g/mol. The number of aromatic carboxylic acids is 1. The number of benzene rings is 1. The van der Waals surface area contributed by atoms with Crippen LogP contribution in [0.15, 0.2) is 24.3 Å². The van der Waals surface area contributed by atoms with E-state index in [4.69, 9.17) is 5.11 Å². The minimum absolute atomic E-state index is 0.0206. The number of hydrogen-bond donors (Lipinski definition) is 1. The zero-order valence-corrected chi connectivity index (χ0v) is 11.1. The lowest BCUT2D eigenvalue weighted by Gasteiger charge is -2.16. The second-order valence-corrected chi connectivity index (χ2v) is 5.19. The zero-order chi connectivity index (χ0) is 14.5. The molecule has 3 nitrogen and oxygen atoms in total. The molecule has 0 saturated heterocycles. The molecule has 0 aromatic heterocycles. The molecule has 0 aliphatic rings. The van der Waals surface area contributed by atoms with Crippen molar-refractivity contribution in [2.24, 2.45) is 0 Å². The highest BCUT2D eigenvalue weighted by molar-refractivity contribution is 8.00. The van der Waals surface area contributed by atoms with Gasteiger partial charge in [0.25, 0.3) is 0 Å². The van der Waals surface area contributed by atoms with Crippen LogP contribution in [0.5, 0.6) is 0 Å². The predicted octanol–water partition coefficient (Wildman–Crippen LogP) is 3.07. The summed E-state index contributed by atoms with van der Waals surface area (Å²) in [5, 5.41) is 8.73. The number of halogens is 3. The van der Waals surface area contributed by atoms with Crippen molar-refractivity contribution >= 4 is 17.7 Å². The molecule has 0 unspecified atom stereocenters. The fraction of sp³-hybridized carbons (Fsp3) is 0.417. The first-order valence-corrected chi connectivity index (χ1v) is 6.48. The number of carboxylic acids is 1. The predicted molar refractivity (Wildman–Crippen MR) is 68.2 cm³/mol. The van der Waals surface area contributed by atoms with E-state index < -0.39 is 11.5 Å². The summed E-state index contributed by atoms with van der Waals surface area (Å²) < 4.78 is 35.8. The number of nitrogens with zero attached hydrogens (tertiary/aromatic N) is 1. The van der Waals surface area contributed by atoms with Crippen LogP contribution in [0.4, 0.5) is 13.2 Å². The van der Waals surface area contributed by atoms with Gasteiger partial charge in [-0.15, -0.1) is 0 Å². The minimum Gasteiger partial charge on any atom is -0.478 e. The molecule has 1 aromatic rings. The van der Waals surface area contributed by atoms with E-state index in [9.17, 15) is 18.0 Å². The van der Waals surface area contributed by atoms with Gasteiger partial charge in [-0.2, -0.15) is 13.2 Å². The standard InChI is InChI=1S/C12H14F3NO2S/c1-16(6-7-19-12(13,14)15)8-9-2-4-10(5-3-9)11(17)18/h2-5H,6-8H2,1H3,(H,17,18). The highest BCUT2D eigenvalue weighted by Gasteiger charge is 2.27. The van der Waals surface area contributed by atoms with E-state index >= 15 is 0 Å². The van der Waals surface area contributed by atoms with Gasteiger partial charge in [-0.25, -0.2) is 4.79 Å². The molecule has 0 heterocycles. The largest absolute Gasteiger partial charge is 0.478 e. The summed E-state index contributed by atoms with van der Waals surface area (Å²) in [5.74, 6) is -1.02.